The molecule has 0 amide bonds. The number of hydrogen-bond acceptors (Lipinski definition) is 2. The minimum atomic E-state index is 0.694. The molecule has 0 aliphatic heterocycles. The molecule has 0 saturated heterocycles. The smallest absolute Gasteiger partial charge is 0.0998 e. The number of unbranched alkanes of at least 4 members (excludes halogenated alkanes) is 9. The molecule has 204 valence electrons. The van der Waals surface area contributed by atoms with Crippen LogP contribution in [0.15, 0.2) is 97.3 Å². The van der Waals surface area contributed by atoms with Gasteiger partial charge in [0.2, 0.25) is 0 Å². The zero-order valence-electron chi connectivity index (χ0n) is 24.0. The Kier molecular flexibility index (Phi) is 11.8. The summed E-state index contributed by atoms with van der Waals surface area (Å²) in [6.07, 6.45) is 20.3. The summed E-state index contributed by atoms with van der Waals surface area (Å²) in [5, 5.41) is 9.84. The number of hydrogen-bond donors (Lipinski definition) is 0. The van der Waals surface area contributed by atoms with Gasteiger partial charge in [-0.2, -0.15) is 5.26 Å². The van der Waals surface area contributed by atoms with Crippen molar-refractivity contribution in [2.24, 2.45) is 0 Å². The van der Waals surface area contributed by atoms with Gasteiger partial charge in [-0.15, -0.1) is 0 Å². The zero-order chi connectivity index (χ0) is 27.8. The number of rotatable bonds is 15. The molecule has 0 saturated carbocycles. The molecule has 0 unspecified atom stereocenters. The van der Waals surface area contributed by atoms with Crippen LogP contribution >= 0.6 is 0 Å². The monoisotopic (exact) mass is 526 g/mol. The minimum Gasteiger partial charge on any atom is -0.265 e. The summed E-state index contributed by atoms with van der Waals surface area (Å²) in [7, 11) is 0. The van der Waals surface area contributed by atoms with Crippen LogP contribution in [0, 0.1) is 11.3 Å². The van der Waals surface area contributed by atoms with E-state index in [1.807, 2.05) is 30.6 Å². The van der Waals surface area contributed by atoms with Crippen molar-refractivity contribution in [2.75, 3.05) is 0 Å². The lowest BCUT2D eigenvalue weighted by Crippen LogP contribution is -1.89. The SMILES string of the molecule is CCCCCCCCCCCCc1ccc(/C(C#N)=C/c2ccc(-c3ccc(-c4ccncc4)cc3)cc2)cc1. The van der Waals surface area contributed by atoms with Crippen molar-refractivity contribution < 1.29 is 0 Å². The van der Waals surface area contributed by atoms with Gasteiger partial charge in [0.25, 0.3) is 0 Å². The maximum atomic E-state index is 9.84. The van der Waals surface area contributed by atoms with Gasteiger partial charge >= 0.3 is 0 Å². The summed E-state index contributed by atoms with van der Waals surface area (Å²) in [6.45, 7) is 2.28. The molecule has 1 heterocycles. The average Bonchev–Trinajstić information content (AvgIpc) is 3.02. The van der Waals surface area contributed by atoms with Crippen LogP contribution < -0.4 is 0 Å². The van der Waals surface area contributed by atoms with Gasteiger partial charge in [0.1, 0.15) is 0 Å². The Morgan fingerprint density at radius 3 is 1.60 bits per heavy atom. The van der Waals surface area contributed by atoms with Gasteiger partial charge in [-0.3, -0.25) is 4.98 Å². The molecule has 0 N–H and O–H groups in total. The molecule has 0 bridgehead atoms. The molecular formula is C38H42N2. The van der Waals surface area contributed by atoms with Crippen LogP contribution in [-0.4, -0.2) is 4.98 Å². The second-order valence-corrected chi connectivity index (χ2v) is 10.7. The number of allylic oxidation sites excluding steroid dienone is 1. The van der Waals surface area contributed by atoms with E-state index >= 15 is 0 Å². The summed E-state index contributed by atoms with van der Waals surface area (Å²) >= 11 is 0. The molecule has 2 heteroatoms. The van der Waals surface area contributed by atoms with Crippen molar-refractivity contribution in [3.05, 3.63) is 114 Å². The molecule has 2 nitrogen and oxygen atoms in total. The average molecular weight is 527 g/mol. The Labute approximate surface area is 241 Å². The van der Waals surface area contributed by atoms with Gasteiger partial charge in [-0.25, -0.2) is 0 Å². The Balaban J connectivity index is 1.26. The zero-order valence-corrected chi connectivity index (χ0v) is 24.0. The topological polar surface area (TPSA) is 36.7 Å². The standard InChI is InChI=1S/C38H42N2/c1-2-3-4-5-6-7-8-9-10-11-12-31-13-17-36(18-14-31)38(30-39)29-32-15-19-33(20-16-32)34-21-23-35(24-22-34)37-25-27-40-28-26-37/h13-29H,2-12H2,1H3/b38-29+. The number of aryl methyl sites for hydroxylation is 1. The molecule has 4 aromatic rings. The molecule has 3 aromatic carbocycles. The van der Waals surface area contributed by atoms with E-state index in [0.29, 0.717) is 5.57 Å². The van der Waals surface area contributed by atoms with Crippen LogP contribution in [0.2, 0.25) is 0 Å². The highest BCUT2D eigenvalue weighted by molar-refractivity contribution is 5.89. The summed E-state index contributed by atoms with van der Waals surface area (Å²) in [4.78, 5) is 4.10. The van der Waals surface area contributed by atoms with Gasteiger partial charge in [0, 0.05) is 12.4 Å². The van der Waals surface area contributed by atoms with Crippen LogP contribution in [0.3, 0.4) is 0 Å². The first-order valence-corrected chi connectivity index (χ1v) is 15.1. The van der Waals surface area contributed by atoms with E-state index in [1.54, 1.807) is 0 Å². The quantitative estimate of drug-likeness (QED) is 0.0877. The first-order valence-electron chi connectivity index (χ1n) is 15.1. The number of nitrogens with zero attached hydrogens (tertiary/aromatic N) is 2. The van der Waals surface area contributed by atoms with Gasteiger partial charge in [-0.1, -0.05) is 138 Å². The maximum Gasteiger partial charge on any atom is 0.0998 e. The normalized spacial score (nSPS) is 11.3. The highest BCUT2D eigenvalue weighted by Crippen LogP contribution is 2.26. The van der Waals surface area contributed by atoms with E-state index < -0.39 is 0 Å². The fourth-order valence-electron chi connectivity index (χ4n) is 5.19. The molecule has 4 rings (SSSR count). The highest BCUT2D eigenvalue weighted by Gasteiger charge is 2.04. The Bertz CT molecular complexity index is 1340. The minimum absolute atomic E-state index is 0.694. The number of pyridine rings is 1. The Morgan fingerprint density at radius 1 is 0.600 bits per heavy atom. The van der Waals surface area contributed by atoms with Gasteiger partial charge < -0.3 is 0 Å². The van der Waals surface area contributed by atoms with E-state index in [9.17, 15) is 5.26 Å². The van der Waals surface area contributed by atoms with Crippen LogP contribution in [-0.2, 0) is 6.42 Å². The van der Waals surface area contributed by atoms with Crippen LogP contribution in [0.4, 0.5) is 0 Å². The Hall–Kier alpha value is -3.96. The third kappa shape index (κ3) is 9.06. The van der Waals surface area contributed by atoms with E-state index in [0.717, 1.165) is 28.7 Å². The molecule has 40 heavy (non-hydrogen) atoms. The number of benzene rings is 3. The largest absolute Gasteiger partial charge is 0.265 e. The predicted octanol–water partition coefficient (Wildman–Crippen LogP) is 10.9. The molecular weight excluding hydrogens is 484 g/mol. The second-order valence-electron chi connectivity index (χ2n) is 10.7. The van der Waals surface area contributed by atoms with E-state index in [2.05, 4.69) is 90.8 Å². The molecule has 0 aliphatic carbocycles. The van der Waals surface area contributed by atoms with Crippen LogP contribution in [0.1, 0.15) is 87.8 Å². The lowest BCUT2D eigenvalue weighted by Gasteiger charge is -2.06. The third-order valence-corrected chi connectivity index (χ3v) is 7.66. The fourth-order valence-corrected chi connectivity index (χ4v) is 5.19. The van der Waals surface area contributed by atoms with Gasteiger partial charge in [0.15, 0.2) is 0 Å². The molecule has 0 aliphatic rings. The summed E-state index contributed by atoms with van der Waals surface area (Å²) in [5.74, 6) is 0. The van der Waals surface area contributed by atoms with Crippen molar-refractivity contribution in [2.45, 2.75) is 77.6 Å². The van der Waals surface area contributed by atoms with E-state index in [1.165, 1.54) is 80.9 Å². The summed E-state index contributed by atoms with van der Waals surface area (Å²) in [6, 6.07) is 32.0. The van der Waals surface area contributed by atoms with Crippen LogP contribution in [0.25, 0.3) is 33.9 Å². The van der Waals surface area contributed by atoms with Crippen molar-refractivity contribution in [3.63, 3.8) is 0 Å². The molecule has 0 fully saturated rings. The molecule has 0 atom stereocenters. The third-order valence-electron chi connectivity index (χ3n) is 7.66. The molecule has 0 spiro atoms. The van der Waals surface area contributed by atoms with Crippen molar-refractivity contribution >= 4 is 11.6 Å². The van der Waals surface area contributed by atoms with Gasteiger partial charge in [-0.05, 0) is 70.0 Å². The lowest BCUT2D eigenvalue weighted by atomic mass is 9.98. The van der Waals surface area contributed by atoms with Crippen molar-refractivity contribution in [3.8, 4) is 28.3 Å². The first-order chi connectivity index (χ1) is 19.8. The van der Waals surface area contributed by atoms with E-state index in [-0.39, 0.29) is 0 Å². The highest BCUT2D eigenvalue weighted by atomic mass is 14.6. The van der Waals surface area contributed by atoms with Crippen LogP contribution in [0.5, 0.6) is 0 Å². The molecule has 1 aromatic heterocycles. The number of aromatic nitrogens is 1. The molecule has 0 radical (unpaired) electrons. The van der Waals surface area contributed by atoms with Gasteiger partial charge in [0.05, 0.1) is 11.6 Å². The maximum absolute atomic E-state index is 9.84. The summed E-state index contributed by atoms with van der Waals surface area (Å²) in [5.41, 5.74) is 8.74. The number of nitriles is 1. The van der Waals surface area contributed by atoms with E-state index in [4.69, 9.17) is 0 Å². The first kappa shape index (κ1) is 29.0. The lowest BCUT2D eigenvalue weighted by molar-refractivity contribution is 0.556. The van der Waals surface area contributed by atoms with Crippen molar-refractivity contribution in [1.29, 1.82) is 5.26 Å². The van der Waals surface area contributed by atoms with Crippen molar-refractivity contribution in [1.82, 2.24) is 4.98 Å². The fraction of sp³-hybridized carbons (Fsp3) is 0.316. The Morgan fingerprint density at radius 2 is 1.07 bits per heavy atom. The summed E-state index contributed by atoms with van der Waals surface area (Å²) < 4.78 is 0. The predicted molar refractivity (Wildman–Crippen MR) is 171 cm³/mol. The second kappa shape index (κ2) is 16.2.